The molecule has 7 unspecified atom stereocenters. The minimum atomic E-state index is -5.43. The maximum Gasteiger partial charge on any atom is 1.00 e. The van der Waals surface area contributed by atoms with E-state index in [2.05, 4.69) is 61.5 Å². The van der Waals surface area contributed by atoms with E-state index in [1.54, 1.807) is 0 Å². The minimum Gasteiger partial charge on any atom is -0.807 e. The quantitative estimate of drug-likeness (QED) is 0.196. The third kappa shape index (κ3) is 8.32. The fourth-order valence-electron chi connectivity index (χ4n) is 9.47. The topological polar surface area (TPSA) is 124 Å². The van der Waals surface area contributed by atoms with Crippen LogP contribution < -0.4 is 104 Å². The Bertz CT molecular complexity index is 1030. The molecule has 0 aromatic carbocycles. The average molecular weight is 619 g/mol. The summed E-state index contributed by atoms with van der Waals surface area (Å²) < 4.78 is 9.14. The van der Waals surface area contributed by atoms with Gasteiger partial charge in [0.1, 0.15) is 0 Å². The van der Waals surface area contributed by atoms with Crippen LogP contribution in [-0.4, -0.2) is 16.9 Å². The van der Waals surface area contributed by atoms with Gasteiger partial charge in [-0.3, -0.25) is 0 Å². The molecule has 4 aliphatic carbocycles. The van der Waals surface area contributed by atoms with E-state index in [1.165, 1.54) is 63.4 Å². The standard InChI is InChI=1S/C30H50O.CH3O5P.3Na/c1-20(2)10-9-11-21(3)22-14-18-30(8)24-12-13-25-27(4,5)26(31)16-17-28(25,6)23(24)15-19-29(22,30)7;2-1(3)7(4,5)6;;;/h10,21-22,25-26,31H,9,11-19H2,1-8H3;(H,2,3)(H2,4,5,6);;;/q;;3*+1/p-3. The number of fused-ring (bicyclic) bond motifs is 4. The molecule has 0 aliphatic heterocycles. The molecule has 4 rings (SSSR count). The molecule has 0 saturated heterocycles. The van der Waals surface area contributed by atoms with Crippen LogP contribution >= 0.6 is 7.60 Å². The van der Waals surface area contributed by atoms with Crippen LogP contribution in [0.1, 0.15) is 120 Å². The molecule has 41 heavy (non-hydrogen) atoms. The van der Waals surface area contributed by atoms with Gasteiger partial charge in [0.25, 0.3) is 0 Å². The van der Waals surface area contributed by atoms with E-state index in [4.69, 9.17) is 24.3 Å². The van der Waals surface area contributed by atoms with E-state index in [1.807, 2.05) is 11.1 Å². The van der Waals surface area contributed by atoms with E-state index in [0.717, 1.165) is 18.3 Å². The summed E-state index contributed by atoms with van der Waals surface area (Å²) in [4.78, 5) is 27.3. The second-order valence-corrected chi connectivity index (χ2v) is 15.7. The zero-order chi connectivity index (χ0) is 28.9. The van der Waals surface area contributed by atoms with Crippen LogP contribution in [0.5, 0.6) is 0 Å². The first-order valence-corrected chi connectivity index (χ1v) is 16.1. The summed E-state index contributed by atoms with van der Waals surface area (Å²) in [7, 11) is -5.43. The first kappa shape index (κ1) is 43.1. The van der Waals surface area contributed by atoms with Gasteiger partial charge in [0, 0.05) is 0 Å². The Morgan fingerprint density at radius 3 is 2.05 bits per heavy atom. The van der Waals surface area contributed by atoms with Gasteiger partial charge in [0.15, 0.2) is 0 Å². The molecular formula is C31H50Na3O6P. The van der Waals surface area contributed by atoms with Gasteiger partial charge >= 0.3 is 88.7 Å². The van der Waals surface area contributed by atoms with Crippen molar-refractivity contribution in [1.82, 2.24) is 0 Å². The second-order valence-electron chi connectivity index (χ2n) is 14.3. The maximum atomic E-state index is 10.8. The van der Waals surface area contributed by atoms with Gasteiger partial charge in [-0.1, -0.05) is 64.3 Å². The van der Waals surface area contributed by atoms with Gasteiger partial charge < -0.3 is 29.4 Å². The van der Waals surface area contributed by atoms with Crippen molar-refractivity contribution in [3.05, 3.63) is 22.8 Å². The first-order chi connectivity index (χ1) is 17.3. The number of hydrogen-bond donors (Lipinski definition) is 1. The fourth-order valence-corrected chi connectivity index (χ4v) is 9.47. The first-order valence-electron chi connectivity index (χ1n) is 14.6. The number of hydrogen-bond acceptors (Lipinski definition) is 6. The minimum absolute atomic E-state index is 0. The molecule has 2 fully saturated rings. The SMILES string of the molecule is CC(C)=CCCC(C)C1CCC2(C)C3=C(CCC12C)C1(C)CCC(O)C(C)(C)C1CC3.O=C([O-])P(=O)([O-])[O-].[Na+].[Na+].[Na+]. The van der Waals surface area contributed by atoms with Crippen LogP contribution in [0.3, 0.4) is 0 Å². The summed E-state index contributed by atoms with van der Waals surface area (Å²) in [5, 5.41) is 19.8. The summed E-state index contributed by atoms with van der Waals surface area (Å²) >= 11 is 0. The van der Waals surface area contributed by atoms with Crippen LogP contribution in [0.2, 0.25) is 0 Å². The van der Waals surface area contributed by atoms with Gasteiger partial charge in [-0.05, 0) is 125 Å². The summed E-state index contributed by atoms with van der Waals surface area (Å²) in [6.07, 6.45) is 15.2. The van der Waals surface area contributed by atoms with Crippen molar-refractivity contribution < 1.29 is 118 Å². The normalized spacial score (nSPS) is 35.8. The van der Waals surface area contributed by atoms with Crippen LogP contribution in [0.4, 0.5) is 4.79 Å². The van der Waals surface area contributed by atoms with E-state index >= 15 is 0 Å². The Kier molecular flexibility index (Phi) is 16.6. The smallest absolute Gasteiger partial charge is 0.807 e. The van der Waals surface area contributed by atoms with E-state index in [-0.39, 0.29) is 100 Å². The predicted octanol–water partition coefficient (Wildman–Crippen LogP) is -3.27. The molecule has 4 aliphatic rings. The maximum absolute atomic E-state index is 10.8. The summed E-state index contributed by atoms with van der Waals surface area (Å²) in [5.74, 6) is 2.32. The van der Waals surface area contributed by atoms with E-state index < -0.39 is 13.3 Å². The molecule has 0 bridgehead atoms. The zero-order valence-electron chi connectivity index (χ0n) is 27.9. The average Bonchev–Trinajstić information content (AvgIpc) is 3.07. The van der Waals surface area contributed by atoms with E-state index in [0.29, 0.717) is 22.2 Å². The molecule has 0 heterocycles. The molecule has 10 heteroatoms. The van der Waals surface area contributed by atoms with Crippen molar-refractivity contribution in [1.29, 1.82) is 0 Å². The Hall–Kier alpha value is 2.06. The number of allylic oxidation sites excluding steroid dienone is 4. The van der Waals surface area contributed by atoms with Crippen molar-refractivity contribution >= 4 is 13.3 Å². The van der Waals surface area contributed by atoms with Crippen LogP contribution in [-0.2, 0) is 4.57 Å². The summed E-state index contributed by atoms with van der Waals surface area (Å²) in [6, 6.07) is 0. The molecule has 0 aromatic rings. The number of carbonyl (C=O) groups excluding carboxylic acids is 1. The number of carbonyl (C=O) groups is 1. The Labute approximate surface area is 315 Å². The molecule has 218 valence electrons. The van der Waals surface area contributed by atoms with E-state index in [9.17, 15) is 5.11 Å². The molecule has 0 radical (unpaired) electrons. The van der Waals surface area contributed by atoms with Crippen molar-refractivity contribution in [2.24, 2.45) is 39.4 Å². The molecule has 2 saturated carbocycles. The molecule has 0 spiro atoms. The molecule has 7 atom stereocenters. The summed E-state index contributed by atoms with van der Waals surface area (Å²) in [5.41, 5.74) is 3.85. The molecule has 0 amide bonds. The monoisotopic (exact) mass is 618 g/mol. The van der Waals surface area contributed by atoms with Crippen molar-refractivity contribution in [3.63, 3.8) is 0 Å². The molecule has 1 N–H and O–H groups in total. The number of aliphatic hydroxyl groups excluding tert-OH is 1. The Balaban J connectivity index is 0.00000143. The predicted molar refractivity (Wildman–Crippen MR) is 146 cm³/mol. The van der Waals surface area contributed by atoms with Gasteiger partial charge in [-0.2, -0.15) is 0 Å². The van der Waals surface area contributed by atoms with Gasteiger partial charge in [-0.25, -0.2) is 0 Å². The van der Waals surface area contributed by atoms with Crippen molar-refractivity contribution in [2.45, 2.75) is 126 Å². The Morgan fingerprint density at radius 2 is 1.54 bits per heavy atom. The Morgan fingerprint density at radius 1 is 0.976 bits per heavy atom. The molecular weight excluding hydrogens is 568 g/mol. The van der Waals surface area contributed by atoms with Crippen LogP contribution in [0.25, 0.3) is 0 Å². The largest absolute Gasteiger partial charge is 1.00 e. The fraction of sp³-hybridized carbons (Fsp3) is 0.839. The van der Waals surface area contributed by atoms with Crippen LogP contribution in [0.15, 0.2) is 22.8 Å². The van der Waals surface area contributed by atoms with Crippen LogP contribution in [0, 0.1) is 39.4 Å². The third-order valence-electron chi connectivity index (χ3n) is 11.9. The number of aliphatic hydroxyl groups is 1. The zero-order valence-corrected chi connectivity index (χ0v) is 34.8. The van der Waals surface area contributed by atoms with Crippen molar-refractivity contribution in [3.8, 4) is 0 Å². The third-order valence-corrected chi connectivity index (χ3v) is 12.3. The van der Waals surface area contributed by atoms with Gasteiger partial charge in [0.05, 0.1) is 11.8 Å². The molecule has 0 aromatic heterocycles. The van der Waals surface area contributed by atoms with Gasteiger partial charge in [-0.15, -0.1) is 0 Å². The van der Waals surface area contributed by atoms with Gasteiger partial charge in [0.2, 0.25) is 0 Å². The second kappa shape index (κ2) is 15.8. The van der Waals surface area contributed by atoms with Crippen molar-refractivity contribution in [2.75, 3.05) is 0 Å². The number of carboxylic acid groups (broad SMARTS) is 1. The summed E-state index contributed by atoms with van der Waals surface area (Å²) in [6.45, 7) is 19.6. The number of rotatable bonds is 5. The molecule has 6 nitrogen and oxygen atoms in total.